The number of ether oxygens (including phenoxy) is 3. The number of nitrogens with zero attached hydrogens (tertiary/aromatic N) is 4. The molecule has 4 rings (SSSR count). The summed E-state index contributed by atoms with van der Waals surface area (Å²) in [4.78, 5) is 15.6. The second-order valence-electron chi connectivity index (χ2n) is 9.31. The number of nitrogens with one attached hydrogen (secondary N) is 1. The summed E-state index contributed by atoms with van der Waals surface area (Å²) in [6, 6.07) is 11.0. The molecule has 0 spiro atoms. The predicted octanol–water partition coefficient (Wildman–Crippen LogP) is 1.10. The normalized spacial score (nSPS) is 17.9. The number of carbonyl (C=O) groups excluding carboxylic acids is 1. The first kappa shape index (κ1) is 27.4. The minimum atomic E-state index is -0.868. The maximum atomic E-state index is 13.9. The number of para-hydroxylation sites is 1. The molecule has 0 fully saturated rings. The standard InChI is InChI=1S/C24H28ClN5O4.Na.H/c1-24(2,3)13-30-17-10-9-14(25)11-16(17)21(15-7-6-8-18(32-4)22(15)33-5)34-19(23(30)31)12-20-26-28-29-27-20;;/h6-11,19,21H,12-13H2,1-5H3,(H,26,27,28,29);;/q;+1;-1/t19-,21-;;/m1../s1. The van der Waals surface area contributed by atoms with Crippen LogP contribution in [0, 0.1) is 5.41 Å². The summed E-state index contributed by atoms with van der Waals surface area (Å²) < 4.78 is 17.8. The minimum absolute atomic E-state index is 0. The number of rotatable bonds is 6. The third kappa shape index (κ3) is 5.98. The number of anilines is 1. The van der Waals surface area contributed by atoms with Crippen LogP contribution in [0.3, 0.4) is 0 Å². The van der Waals surface area contributed by atoms with Crippen molar-refractivity contribution in [3.05, 3.63) is 58.4 Å². The van der Waals surface area contributed by atoms with E-state index in [1.807, 2.05) is 30.3 Å². The largest absolute Gasteiger partial charge is 1.00 e. The van der Waals surface area contributed by atoms with Gasteiger partial charge in [0, 0.05) is 34.8 Å². The van der Waals surface area contributed by atoms with E-state index in [4.69, 9.17) is 25.8 Å². The monoisotopic (exact) mass is 509 g/mol. The number of hydrogen-bond acceptors (Lipinski definition) is 7. The van der Waals surface area contributed by atoms with Gasteiger partial charge in [0.2, 0.25) is 0 Å². The number of tetrazole rings is 1. The van der Waals surface area contributed by atoms with E-state index in [2.05, 4.69) is 41.4 Å². The maximum absolute atomic E-state index is 13.9. The molecule has 1 aromatic heterocycles. The average Bonchev–Trinajstić information content (AvgIpc) is 3.28. The van der Waals surface area contributed by atoms with Crippen molar-refractivity contribution in [3.8, 4) is 11.5 Å². The number of fused-ring (bicyclic) bond motifs is 1. The molecule has 0 unspecified atom stereocenters. The number of hydrogen-bond donors (Lipinski definition) is 1. The molecular formula is C24H29ClN5NaO4. The summed E-state index contributed by atoms with van der Waals surface area (Å²) >= 11 is 6.44. The number of methoxy groups -OCH3 is 2. The summed E-state index contributed by atoms with van der Waals surface area (Å²) in [6.45, 7) is 6.73. The molecule has 9 nitrogen and oxygen atoms in total. The van der Waals surface area contributed by atoms with Crippen molar-refractivity contribution in [2.45, 2.75) is 39.4 Å². The predicted molar refractivity (Wildman–Crippen MR) is 129 cm³/mol. The van der Waals surface area contributed by atoms with Crippen LogP contribution in [-0.2, 0) is 16.0 Å². The smallest absolute Gasteiger partial charge is 1.00 e. The van der Waals surface area contributed by atoms with E-state index in [-0.39, 0.29) is 48.7 Å². The zero-order chi connectivity index (χ0) is 24.5. The fraction of sp³-hybridized carbons (Fsp3) is 0.417. The van der Waals surface area contributed by atoms with Gasteiger partial charge in [-0.2, -0.15) is 5.21 Å². The molecule has 2 aromatic carbocycles. The van der Waals surface area contributed by atoms with Gasteiger partial charge in [0.05, 0.1) is 14.2 Å². The molecule has 1 aliphatic rings. The van der Waals surface area contributed by atoms with Crippen LogP contribution in [0.15, 0.2) is 36.4 Å². The molecule has 1 N–H and O–H groups in total. The van der Waals surface area contributed by atoms with Gasteiger partial charge in [-0.25, -0.2) is 0 Å². The van der Waals surface area contributed by atoms with Crippen molar-refractivity contribution in [3.63, 3.8) is 0 Å². The zero-order valence-electron chi connectivity index (χ0n) is 21.8. The molecule has 0 bridgehead atoms. The van der Waals surface area contributed by atoms with Crippen molar-refractivity contribution in [2.24, 2.45) is 5.41 Å². The number of H-pyrrole nitrogens is 1. The molecule has 2 atom stereocenters. The maximum Gasteiger partial charge on any atom is 1.00 e. The number of benzene rings is 2. The van der Waals surface area contributed by atoms with Gasteiger partial charge in [-0.05, 0) is 29.7 Å². The molecule has 0 saturated heterocycles. The molecular weight excluding hydrogens is 481 g/mol. The van der Waals surface area contributed by atoms with Gasteiger partial charge in [-0.3, -0.25) is 4.79 Å². The number of aromatic nitrogens is 4. The molecule has 3 aromatic rings. The van der Waals surface area contributed by atoms with E-state index in [0.29, 0.717) is 34.5 Å². The number of halogens is 1. The Kier molecular flexibility index (Phi) is 8.82. The zero-order valence-corrected chi connectivity index (χ0v) is 23.6. The summed E-state index contributed by atoms with van der Waals surface area (Å²) in [7, 11) is 3.15. The number of aromatic amines is 1. The van der Waals surface area contributed by atoms with E-state index in [0.717, 1.165) is 11.3 Å². The Labute approximate surface area is 233 Å². The van der Waals surface area contributed by atoms with Crippen LogP contribution in [0.4, 0.5) is 5.69 Å². The summed E-state index contributed by atoms with van der Waals surface area (Å²) in [6.07, 6.45) is -1.38. The van der Waals surface area contributed by atoms with E-state index in [9.17, 15) is 4.79 Å². The van der Waals surface area contributed by atoms with Gasteiger partial charge < -0.3 is 20.5 Å². The molecule has 0 saturated carbocycles. The Bertz CT molecular complexity index is 1180. The van der Waals surface area contributed by atoms with Gasteiger partial charge in [-0.1, -0.05) is 49.7 Å². The van der Waals surface area contributed by atoms with Crippen LogP contribution in [0.1, 0.15) is 45.3 Å². The quantitative estimate of drug-likeness (QED) is 0.496. The van der Waals surface area contributed by atoms with Gasteiger partial charge in [-0.15, -0.1) is 10.2 Å². The number of amides is 1. The molecule has 11 heteroatoms. The van der Waals surface area contributed by atoms with Crippen LogP contribution in [-0.4, -0.2) is 53.4 Å². The van der Waals surface area contributed by atoms with Crippen molar-refractivity contribution < 1.29 is 50.0 Å². The minimum Gasteiger partial charge on any atom is -1.00 e. The van der Waals surface area contributed by atoms with Crippen molar-refractivity contribution in [1.82, 2.24) is 20.6 Å². The molecule has 2 heterocycles. The van der Waals surface area contributed by atoms with E-state index in [1.54, 1.807) is 25.2 Å². The Morgan fingerprint density at radius 1 is 1.17 bits per heavy atom. The first-order valence-electron chi connectivity index (χ1n) is 10.9. The van der Waals surface area contributed by atoms with Crippen molar-refractivity contribution in [2.75, 3.05) is 25.7 Å². The van der Waals surface area contributed by atoms with Gasteiger partial charge in [0.15, 0.2) is 17.3 Å². The van der Waals surface area contributed by atoms with Gasteiger partial charge in [0.25, 0.3) is 5.91 Å². The first-order chi connectivity index (χ1) is 16.2. The summed E-state index contributed by atoms with van der Waals surface area (Å²) in [5.41, 5.74) is 2.03. The first-order valence-corrected chi connectivity index (χ1v) is 11.3. The van der Waals surface area contributed by atoms with Crippen LogP contribution >= 0.6 is 11.6 Å². The third-order valence-corrected chi connectivity index (χ3v) is 5.75. The van der Waals surface area contributed by atoms with Crippen LogP contribution in [0.25, 0.3) is 0 Å². The SMILES string of the molecule is COc1cccc([C@H]2O[C@H](Cc3nn[nH]n3)C(=O)N(CC(C)(C)C)c3ccc(Cl)cc32)c1OC.[H-].[Na+]. The third-order valence-electron chi connectivity index (χ3n) is 5.51. The molecule has 0 aliphatic carbocycles. The van der Waals surface area contributed by atoms with Gasteiger partial charge >= 0.3 is 29.6 Å². The van der Waals surface area contributed by atoms with E-state index >= 15 is 0 Å². The Balaban J connectivity index is 0.00000228. The molecule has 35 heavy (non-hydrogen) atoms. The van der Waals surface area contributed by atoms with Gasteiger partial charge in [0.1, 0.15) is 12.2 Å². The van der Waals surface area contributed by atoms with E-state index < -0.39 is 12.2 Å². The Hall–Kier alpha value is -2.17. The molecule has 182 valence electrons. The van der Waals surface area contributed by atoms with E-state index in [1.165, 1.54) is 0 Å². The number of carbonyl (C=O) groups is 1. The topological polar surface area (TPSA) is 102 Å². The second-order valence-corrected chi connectivity index (χ2v) is 9.74. The summed E-state index contributed by atoms with van der Waals surface area (Å²) in [5.74, 6) is 1.28. The van der Waals surface area contributed by atoms with Crippen molar-refractivity contribution in [1.29, 1.82) is 0 Å². The fourth-order valence-electron chi connectivity index (χ4n) is 4.14. The van der Waals surface area contributed by atoms with Crippen LogP contribution in [0.2, 0.25) is 5.02 Å². The molecule has 1 amide bonds. The Morgan fingerprint density at radius 3 is 2.57 bits per heavy atom. The summed E-state index contributed by atoms with van der Waals surface area (Å²) in [5, 5.41) is 14.7. The molecule has 1 aliphatic heterocycles. The van der Waals surface area contributed by atoms with Crippen molar-refractivity contribution >= 4 is 23.2 Å². The average molecular weight is 510 g/mol. The van der Waals surface area contributed by atoms with Crippen LogP contribution in [0.5, 0.6) is 11.5 Å². The fourth-order valence-corrected chi connectivity index (χ4v) is 4.32. The molecule has 0 radical (unpaired) electrons. The second kappa shape index (κ2) is 11.3. The Morgan fingerprint density at radius 2 is 1.94 bits per heavy atom. The van der Waals surface area contributed by atoms with Crippen LogP contribution < -0.4 is 43.9 Å².